The van der Waals surface area contributed by atoms with Crippen LogP contribution in [-0.4, -0.2) is 43.6 Å². The zero-order valence-corrected chi connectivity index (χ0v) is 15.2. The second-order valence-corrected chi connectivity index (χ2v) is 5.43. The van der Waals surface area contributed by atoms with E-state index in [1.807, 2.05) is 31.2 Å². The number of nitrogens with one attached hydrogen (secondary N) is 3. The highest BCUT2D eigenvalue weighted by atomic mass is 16.5. The van der Waals surface area contributed by atoms with Crippen LogP contribution in [0.2, 0.25) is 0 Å². The predicted octanol–water partition coefficient (Wildman–Crippen LogP) is 1.58. The maximum atomic E-state index is 12.0. The summed E-state index contributed by atoms with van der Waals surface area (Å²) in [5.41, 5.74) is 1.56. The molecule has 0 bridgehead atoms. The molecule has 0 unspecified atom stereocenters. The molecular weight excluding hydrogens is 330 g/mol. The van der Waals surface area contributed by atoms with Gasteiger partial charge in [-0.25, -0.2) is 4.99 Å². The molecule has 3 N–H and O–H groups in total. The number of nitrogens with zero attached hydrogens (tertiary/aromatic N) is 2. The van der Waals surface area contributed by atoms with Crippen LogP contribution in [-0.2, 0) is 6.54 Å². The fourth-order valence-electron chi connectivity index (χ4n) is 2.30. The van der Waals surface area contributed by atoms with Crippen molar-refractivity contribution in [1.82, 2.24) is 20.9 Å². The van der Waals surface area contributed by atoms with Gasteiger partial charge >= 0.3 is 0 Å². The van der Waals surface area contributed by atoms with Crippen LogP contribution in [0.4, 0.5) is 0 Å². The monoisotopic (exact) mass is 355 g/mol. The lowest BCUT2D eigenvalue weighted by atomic mass is 10.2. The highest BCUT2D eigenvalue weighted by Gasteiger charge is 2.05. The molecule has 0 saturated carbocycles. The maximum Gasteiger partial charge on any atom is 0.252 e. The Morgan fingerprint density at radius 2 is 1.92 bits per heavy atom. The Morgan fingerprint density at radius 3 is 2.65 bits per heavy atom. The molecule has 1 heterocycles. The molecular formula is C19H25N5O2. The van der Waals surface area contributed by atoms with Crippen molar-refractivity contribution in [2.45, 2.75) is 13.5 Å². The van der Waals surface area contributed by atoms with Gasteiger partial charge in [0.25, 0.3) is 5.91 Å². The molecule has 0 aliphatic heterocycles. The number of ether oxygens (including phenoxy) is 1. The fraction of sp³-hybridized carbons (Fsp3) is 0.316. The summed E-state index contributed by atoms with van der Waals surface area (Å²) in [5, 5.41) is 9.23. The minimum atomic E-state index is -0.143. The lowest BCUT2D eigenvalue weighted by Gasteiger charge is -2.12. The third-order valence-electron chi connectivity index (χ3n) is 3.57. The van der Waals surface area contributed by atoms with Crippen LogP contribution in [0.1, 0.15) is 22.8 Å². The highest BCUT2D eigenvalue weighted by Crippen LogP contribution is 2.17. The standard InChI is InChI=1S/C19H25N5O2/c1-3-21-19(24-14-15-7-4-5-9-17(15)26-2)23-12-11-22-18(25)16-8-6-10-20-13-16/h4-10,13H,3,11-12,14H2,1-2H3,(H,22,25)(H2,21,23,24). The summed E-state index contributed by atoms with van der Waals surface area (Å²) in [6.45, 7) is 4.29. The van der Waals surface area contributed by atoms with Crippen molar-refractivity contribution >= 4 is 11.9 Å². The summed E-state index contributed by atoms with van der Waals surface area (Å²) >= 11 is 0. The minimum absolute atomic E-state index is 0.143. The van der Waals surface area contributed by atoms with Crippen molar-refractivity contribution in [3.05, 3.63) is 59.9 Å². The molecule has 0 aliphatic rings. The number of aromatic nitrogens is 1. The molecule has 0 fully saturated rings. The van der Waals surface area contributed by atoms with Gasteiger partial charge in [-0.05, 0) is 25.1 Å². The minimum Gasteiger partial charge on any atom is -0.496 e. The van der Waals surface area contributed by atoms with E-state index in [0.29, 0.717) is 31.2 Å². The van der Waals surface area contributed by atoms with Crippen molar-refractivity contribution < 1.29 is 9.53 Å². The number of hydrogen-bond acceptors (Lipinski definition) is 4. The molecule has 1 aromatic carbocycles. The molecule has 138 valence electrons. The zero-order chi connectivity index (χ0) is 18.6. The van der Waals surface area contributed by atoms with E-state index in [9.17, 15) is 4.79 Å². The largest absolute Gasteiger partial charge is 0.496 e. The van der Waals surface area contributed by atoms with Crippen LogP contribution in [0.25, 0.3) is 0 Å². The van der Waals surface area contributed by atoms with Crippen molar-refractivity contribution in [3.63, 3.8) is 0 Å². The zero-order valence-electron chi connectivity index (χ0n) is 15.2. The number of hydrogen-bond donors (Lipinski definition) is 3. The number of methoxy groups -OCH3 is 1. The normalized spacial score (nSPS) is 10.9. The summed E-state index contributed by atoms with van der Waals surface area (Å²) < 4.78 is 5.34. The van der Waals surface area contributed by atoms with Gasteiger partial charge in [-0.3, -0.25) is 9.78 Å². The van der Waals surface area contributed by atoms with E-state index in [1.165, 1.54) is 0 Å². The Bertz CT molecular complexity index is 719. The molecule has 0 radical (unpaired) electrons. The average Bonchev–Trinajstić information content (AvgIpc) is 2.69. The van der Waals surface area contributed by atoms with E-state index in [1.54, 1.807) is 31.6 Å². The van der Waals surface area contributed by atoms with Gasteiger partial charge in [-0.2, -0.15) is 0 Å². The first-order valence-electron chi connectivity index (χ1n) is 8.57. The highest BCUT2D eigenvalue weighted by molar-refractivity contribution is 5.93. The van der Waals surface area contributed by atoms with E-state index in [4.69, 9.17) is 4.74 Å². The van der Waals surface area contributed by atoms with Crippen LogP contribution in [0.15, 0.2) is 53.8 Å². The Balaban J connectivity index is 1.83. The molecule has 26 heavy (non-hydrogen) atoms. The summed E-state index contributed by atoms with van der Waals surface area (Å²) in [4.78, 5) is 20.5. The molecule has 1 amide bonds. The van der Waals surface area contributed by atoms with Crippen molar-refractivity contribution in [2.24, 2.45) is 4.99 Å². The van der Waals surface area contributed by atoms with Gasteiger partial charge in [-0.15, -0.1) is 0 Å². The smallest absolute Gasteiger partial charge is 0.252 e. The molecule has 0 saturated heterocycles. The van der Waals surface area contributed by atoms with E-state index in [0.717, 1.165) is 17.9 Å². The second kappa shape index (κ2) is 10.7. The van der Waals surface area contributed by atoms with Crippen molar-refractivity contribution in [1.29, 1.82) is 0 Å². The van der Waals surface area contributed by atoms with Crippen LogP contribution >= 0.6 is 0 Å². The topological polar surface area (TPSA) is 87.6 Å². The van der Waals surface area contributed by atoms with E-state index < -0.39 is 0 Å². The van der Waals surface area contributed by atoms with E-state index in [-0.39, 0.29) is 5.91 Å². The number of aliphatic imine (C=N–C) groups is 1. The molecule has 2 rings (SSSR count). The lowest BCUT2D eigenvalue weighted by molar-refractivity contribution is 0.0954. The third-order valence-corrected chi connectivity index (χ3v) is 3.57. The fourth-order valence-corrected chi connectivity index (χ4v) is 2.30. The first-order valence-corrected chi connectivity index (χ1v) is 8.57. The molecule has 7 heteroatoms. The van der Waals surface area contributed by atoms with Crippen LogP contribution in [0.3, 0.4) is 0 Å². The van der Waals surface area contributed by atoms with Crippen molar-refractivity contribution in [2.75, 3.05) is 26.7 Å². The average molecular weight is 355 g/mol. The first kappa shape index (κ1) is 19.2. The number of para-hydroxylation sites is 1. The quantitative estimate of drug-likeness (QED) is 0.380. The number of carbonyl (C=O) groups is 1. The first-order chi connectivity index (χ1) is 12.7. The molecule has 0 atom stereocenters. The molecule has 0 spiro atoms. The van der Waals surface area contributed by atoms with Gasteiger partial charge < -0.3 is 20.7 Å². The van der Waals surface area contributed by atoms with Crippen LogP contribution in [0.5, 0.6) is 5.75 Å². The Labute approximate surface area is 153 Å². The number of amides is 1. The van der Waals surface area contributed by atoms with Gasteiger partial charge in [-0.1, -0.05) is 18.2 Å². The Hall–Kier alpha value is -3.09. The third kappa shape index (κ3) is 6.08. The molecule has 2 aromatic rings. The van der Waals surface area contributed by atoms with Gasteiger partial charge in [0.2, 0.25) is 0 Å². The summed E-state index contributed by atoms with van der Waals surface area (Å²) in [6.07, 6.45) is 3.18. The second-order valence-electron chi connectivity index (χ2n) is 5.43. The number of pyridine rings is 1. The van der Waals surface area contributed by atoms with Gasteiger partial charge in [0.1, 0.15) is 5.75 Å². The van der Waals surface area contributed by atoms with E-state index >= 15 is 0 Å². The van der Waals surface area contributed by atoms with Gasteiger partial charge in [0.15, 0.2) is 5.96 Å². The Morgan fingerprint density at radius 1 is 1.12 bits per heavy atom. The van der Waals surface area contributed by atoms with Crippen molar-refractivity contribution in [3.8, 4) is 5.75 Å². The number of benzene rings is 1. The number of carbonyl (C=O) groups excluding carboxylic acids is 1. The van der Waals surface area contributed by atoms with Gasteiger partial charge in [0.05, 0.1) is 19.2 Å². The Kier molecular flexibility index (Phi) is 7.92. The molecule has 0 aliphatic carbocycles. The van der Waals surface area contributed by atoms with Crippen LogP contribution < -0.4 is 20.7 Å². The molecule has 7 nitrogen and oxygen atoms in total. The van der Waals surface area contributed by atoms with E-state index in [2.05, 4.69) is 25.9 Å². The number of rotatable bonds is 8. The SMILES string of the molecule is CCNC(=NCc1ccccc1OC)NCCNC(=O)c1cccnc1. The summed E-state index contributed by atoms with van der Waals surface area (Å²) in [5.74, 6) is 1.36. The maximum absolute atomic E-state index is 12.0. The summed E-state index contributed by atoms with van der Waals surface area (Å²) in [7, 11) is 1.65. The molecule has 1 aromatic heterocycles. The van der Waals surface area contributed by atoms with Crippen LogP contribution in [0, 0.1) is 0 Å². The predicted molar refractivity (Wildman–Crippen MR) is 102 cm³/mol. The van der Waals surface area contributed by atoms with Gasteiger partial charge in [0, 0.05) is 37.6 Å². The summed E-state index contributed by atoms with van der Waals surface area (Å²) in [6, 6.07) is 11.3. The number of guanidine groups is 1. The lowest BCUT2D eigenvalue weighted by Crippen LogP contribution is -2.41.